The zero-order valence-corrected chi connectivity index (χ0v) is 22.6. The van der Waals surface area contributed by atoms with E-state index in [0.29, 0.717) is 17.6 Å². The van der Waals surface area contributed by atoms with Crippen molar-refractivity contribution in [3.05, 3.63) is 0 Å². The summed E-state index contributed by atoms with van der Waals surface area (Å²) in [4.78, 5) is 11.1. The lowest BCUT2D eigenvalue weighted by Gasteiger charge is -2.39. The molecule has 30 heavy (non-hydrogen) atoms. The third kappa shape index (κ3) is 15.4. The van der Waals surface area contributed by atoms with Crippen molar-refractivity contribution in [3.8, 4) is 0 Å². The van der Waals surface area contributed by atoms with Crippen molar-refractivity contribution in [1.29, 1.82) is 0 Å². The van der Waals surface area contributed by atoms with E-state index in [-0.39, 0.29) is 5.97 Å². The van der Waals surface area contributed by atoms with Gasteiger partial charge >= 0.3 is 5.97 Å². The van der Waals surface area contributed by atoms with Crippen LogP contribution in [0.1, 0.15) is 130 Å². The smallest absolute Gasteiger partial charge is 0.305 e. The molecule has 3 nitrogen and oxygen atoms in total. The summed E-state index contributed by atoms with van der Waals surface area (Å²) in [5.74, 6) is -0.0719. The molecule has 0 saturated heterocycles. The lowest BCUT2D eigenvalue weighted by atomic mass is 10.0. The first-order valence-corrected chi connectivity index (χ1v) is 15.8. The van der Waals surface area contributed by atoms with Gasteiger partial charge in [0.1, 0.15) is 0 Å². The Bertz CT molecular complexity index is 415. The Balaban J connectivity index is 3.86. The van der Waals surface area contributed by atoms with E-state index >= 15 is 0 Å². The number of hydrogen-bond acceptors (Lipinski definition) is 3. The summed E-state index contributed by atoms with van der Waals surface area (Å²) in [7, 11) is -0.194. The third-order valence-electron chi connectivity index (χ3n) is 6.78. The number of esters is 1. The van der Waals surface area contributed by atoms with Crippen molar-refractivity contribution in [2.24, 2.45) is 0 Å². The molecule has 1 atom stereocenters. The van der Waals surface area contributed by atoms with Crippen molar-refractivity contribution >= 4 is 14.3 Å². The Morgan fingerprint density at radius 3 is 1.63 bits per heavy atom. The molecule has 0 aromatic heterocycles. The minimum atomic E-state index is -1.66. The van der Waals surface area contributed by atoms with Crippen molar-refractivity contribution in [1.82, 2.24) is 0 Å². The van der Waals surface area contributed by atoms with Crippen LogP contribution in [-0.4, -0.2) is 27.5 Å². The van der Waals surface area contributed by atoms with E-state index in [2.05, 4.69) is 45.5 Å². The number of rotatable bonds is 19. The fourth-order valence-corrected chi connectivity index (χ4v) is 5.06. The van der Waals surface area contributed by atoms with Gasteiger partial charge in [0, 0.05) is 12.5 Å². The van der Waals surface area contributed by atoms with Crippen LogP contribution in [0.15, 0.2) is 0 Å². The van der Waals surface area contributed by atoms with E-state index in [1.165, 1.54) is 90.6 Å². The lowest BCUT2D eigenvalue weighted by Crippen LogP contribution is -2.44. The second-order valence-corrected chi connectivity index (χ2v) is 15.4. The van der Waals surface area contributed by atoms with Crippen LogP contribution in [0.25, 0.3) is 0 Å². The van der Waals surface area contributed by atoms with Gasteiger partial charge in [-0.3, -0.25) is 4.79 Å². The number of ether oxygens (including phenoxy) is 1. The zero-order chi connectivity index (χ0) is 22.9. The van der Waals surface area contributed by atoms with Gasteiger partial charge in [-0.05, 0) is 37.4 Å². The van der Waals surface area contributed by atoms with Gasteiger partial charge in [0.15, 0.2) is 8.32 Å². The Labute approximate surface area is 190 Å². The molecule has 180 valence electrons. The van der Waals surface area contributed by atoms with Gasteiger partial charge in [0.25, 0.3) is 0 Å². The molecule has 0 bridgehead atoms. The minimum absolute atomic E-state index is 0.0719. The van der Waals surface area contributed by atoms with Crippen LogP contribution in [-0.2, 0) is 14.0 Å². The molecular weight excluding hydrogens is 388 g/mol. The first-order valence-electron chi connectivity index (χ1n) is 12.9. The predicted octanol–water partition coefficient (Wildman–Crippen LogP) is 8.81. The minimum Gasteiger partial charge on any atom is -0.469 e. The average Bonchev–Trinajstić information content (AvgIpc) is 2.67. The van der Waals surface area contributed by atoms with Gasteiger partial charge in [-0.25, -0.2) is 0 Å². The third-order valence-corrected chi connectivity index (χ3v) is 11.3. The topological polar surface area (TPSA) is 35.5 Å². The first kappa shape index (κ1) is 29.6. The van der Waals surface area contributed by atoms with Crippen molar-refractivity contribution in [3.63, 3.8) is 0 Å². The lowest BCUT2D eigenvalue weighted by molar-refractivity contribution is -0.140. The highest BCUT2D eigenvalue weighted by Crippen LogP contribution is 2.38. The molecule has 0 aromatic carbocycles. The van der Waals surface area contributed by atoms with E-state index in [9.17, 15) is 4.79 Å². The standard InChI is InChI=1S/C26H54O3Si/c1-8-9-18-21-24(29-30(6,7)26(2,3)4)22-19-16-14-12-10-11-13-15-17-20-23-25(27)28-5/h24H,8-23H2,1-7H3. The molecule has 0 amide bonds. The quantitative estimate of drug-likeness (QED) is 0.114. The maximum Gasteiger partial charge on any atom is 0.305 e. The molecule has 0 aliphatic rings. The van der Waals surface area contributed by atoms with E-state index in [1.807, 2.05) is 0 Å². The second-order valence-electron chi connectivity index (χ2n) is 10.6. The molecule has 1 unspecified atom stereocenters. The van der Waals surface area contributed by atoms with E-state index in [4.69, 9.17) is 4.43 Å². The molecule has 0 aromatic rings. The normalized spacial score (nSPS) is 13.4. The van der Waals surface area contributed by atoms with Crippen LogP contribution >= 0.6 is 0 Å². The van der Waals surface area contributed by atoms with E-state index < -0.39 is 8.32 Å². The summed E-state index contributed by atoms with van der Waals surface area (Å²) >= 11 is 0. The number of carbonyl (C=O) groups excluding carboxylic acids is 1. The van der Waals surface area contributed by atoms with E-state index in [1.54, 1.807) is 0 Å². The number of methoxy groups -OCH3 is 1. The summed E-state index contributed by atoms with van der Waals surface area (Å²) in [6.45, 7) is 14.1. The molecule has 0 aliphatic heterocycles. The van der Waals surface area contributed by atoms with Gasteiger partial charge in [0.05, 0.1) is 7.11 Å². The van der Waals surface area contributed by atoms with Crippen LogP contribution in [0.3, 0.4) is 0 Å². The largest absolute Gasteiger partial charge is 0.469 e. The van der Waals surface area contributed by atoms with Crippen LogP contribution in [0, 0.1) is 0 Å². The first-order chi connectivity index (χ1) is 14.1. The summed E-state index contributed by atoms with van der Waals surface area (Å²) in [5.41, 5.74) is 0. The molecule has 0 spiro atoms. The van der Waals surface area contributed by atoms with Crippen LogP contribution in [0.5, 0.6) is 0 Å². The molecule has 0 fully saturated rings. The molecular formula is C26H54O3Si. The predicted molar refractivity (Wildman–Crippen MR) is 134 cm³/mol. The summed E-state index contributed by atoms with van der Waals surface area (Å²) in [6, 6.07) is 0. The van der Waals surface area contributed by atoms with Gasteiger partial charge in [-0.1, -0.05) is 105 Å². The highest BCUT2D eigenvalue weighted by atomic mass is 28.4. The van der Waals surface area contributed by atoms with E-state index in [0.717, 1.165) is 12.8 Å². The Morgan fingerprint density at radius 2 is 1.20 bits per heavy atom. The van der Waals surface area contributed by atoms with Gasteiger partial charge < -0.3 is 9.16 Å². The SMILES string of the molecule is CCCCCC(CCCCCCCCCCCCC(=O)OC)O[Si](C)(C)C(C)(C)C. The maximum atomic E-state index is 11.1. The van der Waals surface area contributed by atoms with Gasteiger partial charge in [-0.2, -0.15) is 0 Å². The monoisotopic (exact) mass is 442 g/mol. The van der Waals surface area contributed by atoms with Crippen LogP contribution in [0.4, 0.5) is 0 Å². The highest BCUT2D eigenvalue weighted by Gasteiger charge is 2.38. The Hall–Kier alpha value is -0.353. The Morgan fingerprint density at radius 1 is 0.767 bits per heavy atom. The molecule has 4 heteroatoms. The van der Waals surface area contributed by atoms with Crippen LogP contribution in [0.2, 0.25) is 18.1 Å². The van der Waals surface area contributed by atoms with Crippen molar-refractivity contribution in [2.75, 3.05) is 7.11 Å². The Kier molecular flexibility index (Phi) is 17.0. The van der Waals surface area contributed by atoms with Crippen molar-refractivity contribution in [2.45, 2.75) is 155 Å². The number of hydrogen-bond donors (Lipinski definition) is 0. The fourth-order valence-electron chi connectivity index (χ4n) is 3.64. The van der Waals surface area contributed by atoms with Crippen molar-refractivity contribution < 1.29 is 14.0 Å². The molecule has 0 saturated carbocycles. The molecule has 0 N–H and O–H groups in total. The summed E-state index contributed by atoms with van der Waals surface area (Å²) in [5, 5.41) is 0.301. The summed E-state index contributed by atoms with van der Waals surface area (Å²) in [6.07, 6.45) is 20.3. The zero-order valence-electron chi connectivity index (χ0n) is 21.6. The molecule has 0 rings (SSSR count). The highest BCUT2D eigenvalue weighted by molar-refractivity contribution is 6.74. The molecule has 0 aliphatic carbocycles. The molecule has 0 radical (unpaired) electrons. The second kappa shape index (κ2) is 17.2. The van der Waals surface area contributed by atoms with Gasteiger partial charge in [-0.15, -0.1) is 0 Å². The number of carbonyl (C=O) groups is 1. The van der Waals surface area contributed by atoms with Gasteiger partial charge in [0.2, 0.25) is 0 Å². The summed E-state index contributed by atoms with van der Waals surface area (Å²) < 4.78 is 11.4. The average molecular weight is 443 g/mol. The van der Waals surface area contributed by atoms with Crippen LogP contribution < -0.4 is 0 Å². The molecule has 0 heterocycles. The maximum absolute atomic E-state index is 11.1. The number of unbranched alkanes of at least 4 members (excludes halogenated alkanes) is 11. The fraction of sp³-hybridized carbons (Fsp3) is 0.962.